The molecule has 0 aliphatic heterocycles. The van der Waals surface area contributed by atoms with Gasteiger partial charge in [-0.05, 0) is 75.3 Å². The minimum absolute atomic E-state index is 0.0601. The molecule has 1 aromatic carbocycles. The Morgan fingerprint density at radius 1 is 0.500 bits per heavy atom. The summed E-state index contributed by atoms with van der Waals surface area (Å²) in [6.45, 7) is 16.7. The summed E-state index contributed by atoms with van der Waals surface area (Å²) in [7, 11) is 0. The number of aliphatic hydroxyl groups excluding tert-OH is 2. The van der Waals surface area contributed by atoms with Crippen LogP contribution in [0.3, 0.4) is 0 Å². The second kappa shape index (κ2) is 28.3. The molecule has 6 amide bonds. The molecule has 0 bridgehead atoms. The maximum absolute atomic E-state index is 13.2. The molecule has 64 heavy (non-hydrogen) atoms. The molecule has 0 saturated heterocycles. The van der Waals surface area contributed by atoms with Crippen LogP contribution in [0.2, 0.25) is 0 Å². The largest absolute Gasteiger partial charge is 0.493 e. The standard InChI is InChI=1S/C44H72N6O14/c1-23(2)20-31(39(55)49-35(25(5)6)43(59)60)45-41(57)37(27(9)51)47-33(53)16-12-18-63-29-14-11-15-30(22-29)64-19-13-17-34(54)48-38(28(10)52)42(58)46-32(21-24(3)4)40(56)50-36(26(7)8)44(61)62/h11,14-15,22-28,31-32,35-38,51-52H,12-13,16-21H2,1-10H3,(H,45,57)(H,46,58)(H,47,53)(H,48,54)(H,49,55)(H,50,56)(H,59,60)(H,61,62)/t27?,28?,31?,32?,35-,36-,37?,38?/m0/s1. The van der Waals surface area contributed by atoms with Gasteiger partial charge in [0.25, 0.3) is 0 Å². The number of ether oxygens (including phenoxy) is 2. The summed E-state index contributed by atoms with van der Waals surface area (Å²) in [5.41, 5.74) is 0. The van der Waals surface area contributed by atoms with Gasteiger partial charge in [0.15, 0.2) is 0 Å². The Morgan fingerprint density at radius 3 is 1.12 bits per heavy atom. The number of benzene rings is 1. The highest BCUT2D eigenvalue weighted by atomic mass is 16.5. The highest BCUT2D eigenvalue weighted by molar-refractivity contribution is 5.95. The van der Waals surface area contributed by atoms with Crippen LogP contribution in [-0.2, 0) is 38.4 Å². The van der Waals surface area contributed by atoms with Gasteiger partial charge in [0.05, 0.1) is 25.4 Å². The van der Waals surface area contributed by atoms with Crippen LogP contribution in [0.4, 0.5) is 0 Å². The van der Waals surface area contributed by atoms with Gasteiger partial charge in [-0.15, -0.1) is 0 Å². The van der Waals surface area contributed by atoms with Gasteiger partial charge in [0.1, 0.15) is 47.8 Å². The van der Waals surface area contributed by atoms with Crippen molar-refractivity contribution in [3.63, 3.8) is 0 Å². The smallest absolute Gasteiger partial charge is 0.326 e. The first-order valence-corrected chi connectivity index (χ1v) is 21.8. The molecule has 20 heteroatoms. The third-order valence-corrected chi connectivity index (χ3v) is 9.74. The van der Waals surface area contributed by atoms with Crippen LogP contribution in [0.5, 0.6) is 11.5 Å². The lowest BCUT2D eigenvalue weighted by Gasteiger charge is -2.27. The van der Waals surface area contributed by atoms with E-state index in [4.69, 9.17) is 9.47 Å². The van der Waals surface area contributed by atoms with Gasteiger partial charge in [-0.1, -0.05) is 61.5 Å². The molecule has 6 unspecified atom stereocenters. The number of hydrogen-bond acceptors (Lipinski definition) is 12. The van der Waals surface area contributed by atoms with Gasteiger partial charge in [-0.25, -0.2) is 9.59 Å². The van der Waals surface area contributed by atoms with E-state index in [9.17, 15) is 58.8 Å². The van der Waals surface area contributed by atoms with Crippen LogP contribution >= 0.6 is 0 Å². The van der Waals surface area contributed by atoms with Crippen LogP contribution in [0.1, 0.15) is 108 Å². The number of carbonyl (C=O) groups excluding carboxylic acids is 6. The molecule has 20 nitrogen and oxygen atoms in total. The minimum Gasteiger partial charge on any atom is -0.493 e. The van der Waals surface area contributed by atoms with Crippen LogP contribution in [-0.4, -0.2) is 129 Å². The fraction of sp³-hybridized carbons (Fsp3) is 0.682. The van der Waals surface area contributed by atoms with Crippen molar-refractivity contribution in [3.05, 3.63) is 24.3 Å². The Balaban J connectivity index is 2.69. The zero-order valence-electron chi connectivity index (χ0n) is 38.8. The molecule has 1 aromatic rings. The Bertz CT molecular complexity index is 1580. The van der Waals surface area contributed by atoms with Crippen molar-refractivity contribution in [3.8, 4) is 11.5 Å². The summed E-state index contributed by atoms with van der Waals surface area (Å²) < 4.78 is 11.5. The van der Waals surface area contributed by atoms with Gasteiger partial charge in [-0.2, -0.15) is 0 Å². The fourth-order valence-electron chi connectivity index (χ4n) is 6.26. The summed E-state index contributed by atoms with van der Waals surface area (Å²) in [6.07, 6.45) is -1.98. The van der Waals surface area contributed by atoms with Gasteiger partial charge < -0.3 is 61.8 Å². The predicted octanol–water partition coefficient (Wildman–Crippen LogP) is 1.25. The highest BCUT2D eigenvalue weighted by Crippen LogP contribution is 2.20. The topological polar surface area (TPSA) is 308 Å². The second-order valence-electron chi connectivity index (χ2n) is 17.5. The molecule has 10 N–H and O–H groups in total. The van der Waals surface area contributed by atoms with Gasteiger partial charge in [0.2, 0.25) is 35.4 Å². The predicted molar refractivity (Wildman–Crippen MR) is 235 cm³/mol. The van der Waals surface area contributed by atoms with Gasteiger partial charge >= 0.3 is 11.9 Å². The summed E-state index contributed by atoms with van der Waals surface area (Å²) >= 11 is 0. The van der Waals surface area contributed by atoms with E-state index in [1.807, 2.05) is 27.7 Å². The molecule has 8 atom stereocenters. The molecule has 0 radical (unpaired) electrons. The maximum atomic E-state index is 13.2. The Kier molecular flexibility index (Phi) is 25.0. The summed E-state index contributed by atoms with van der Waals surface area (Å²) in [4.78, 5) is 101. The molecular weight excluding hydrogens is 837 g/mol. The maximum Gasteiger partial charge on any atom is 0.326 e. The first kappa shape index (κ1) is 56.5. The molecule has 362 valence electrons. The average Bonchev–Trinajstić information content (AvgIpc) is 3.18. The van der Waals surface area contributed by atoms with Crippen LogP contribution < -0.4 is 41.4 Å². The van der Waals surface area contributed by atoms with Gasteiger partial charge in [-0.3, -0.25) is 28.8 Å². The molecular formula is C44H72N6O14. The van der Waals surface area contributed by atoms with Crippen molar-refractivity contribution < 1.29 is 68.3 Å². The Morgan fingerprint density at radius 2 is 0.844 bits per heavy atom. The zero-order chi connectivity index (χ0) is 48.8. The number of hydrogen-bond donors (Lipinski definition) is 10. The van der Waals surface area contributed by atoms with E-state index in [1.165, 1.54) is 13.8 Å². The highest BCUT2D eigenvalue weighted by Gasteiger charge is 2.34. The van der Waals surface area contributed by atoms with E-state index >= 15 is 0 Å². The number of amides is 6. The zero-order valence-corrected chi connectivity index (χ0v) is 38.8. The van der Waals surface area contributed by atoms with Crippen LogP contribution in [0.25, 0.3) is 0 Å². The number of carboxylic acids is 2. The Hall–Kier alpha value is -5.50. The lowest BCUT2D eigenvalue weighted by Crippen LogP contribution is -2.58. The minimum atomic E-state index is -1.39. The lowest BCUT2D eigenvalue weighted by atomic mass is 10.00. The molecule has 0 aliphatic carbocycles. The van der Waals surface area contributed by atoms with Crippen LogP contribution in [0.15, 0.2) is 24.3 Å². The van der Waals surface area contributed by atoms with E-state index in [1.54, 1.807) is 52.0 Å². The van der Waals surface area contributed by atoms with E-state index < -0.39 is 108 Å². The number of carbonyl (C=O) groups is 8. The summed E-state index contributed by atoms with van der Waals surface area (Å²) in [5.74, 6) is -6.68. The number of aliphatic hydroxyl groups is 2. The Labute approximate surface area is 375 Å². The van der Waals surface area contributed by atoms with Gasteiger partial charge in [0, 0.05) is 18.9 Å². The van der Waals surface area contributed by atoms with Crippen molar-refractivity contribution in [1.82, 2.24) is 31.9 Å². The molecule has 0 aliphatic rings. The first-order chi connectivity index (χ1) is 29.8. The van der Waals surface area contributed by atoms with E-state index in [2.05, 4.69) is 31.9 Å². The lowest BCUT2D eigenvalue weighted by molar-refractivity contribution is -0.144. The van der Waals surface area contributed by atoms with Crippen molar-refractivity contribution in [2.75, 3.05) is 13.2 Å². The second-order valence-corrected chi connectivity index (χ2v) is 17.5. The van der Waals surface area contributed by atoms with E-state index in [0.717, 1.165) is 0 Å². The third kappa shape index (κ3) is 21.2. The molecule has 0 aromatic heterocycles. The first-order valence-electron chi connectivity index (χ1n) is 21.8. The molecule has 1 rings (SSSR count). The van der Waals surface area contributed by atoms with E-state index in [0.29, 0.717) is 11.5 Å². The molecule has 0 spiro atoms. The molecule has 0 heterocycles. The normalized spacial score (nSPS) is 15.1. The summed E-state index contributed by atoms with van der Waals surface area (Å²) in [5, 5.41) is 54.6. The van der Waals surface area contributed by atoms with Crippen LogP contribution in [0, 0.1) is 23.7 Å². The SMILES string of the molecule is CC(C)CC(NC(=O)C(NC(=O)CCCOc1cccc(OCCCC(=O)NC(C(=O)NC(CC(C)C)C(=O)N[C@H](C(=O)O)C(C)C)C(C)O)c1)C(C)O)C(=O)N[C@H](C(=O)O)C(C)C. The van der Waals surface area contributed by atoms with Crippen molar-refractivity contribution >= 4 is 47.4 Å². The number of rotatable bonds is 30. The van der Waals surface area contributed by atoms with Crippen molar-refractivity contribution in [1.29, 1.82) is 0 Å². The number of carboxylic acid groups (broad SMARTS) is 2. The summed E-state index contributed by atoms with van der Waals surface area (Å²) in [6, 6.07) is -0.749. The van der Waals surface area contributed by atoms with Crippen molar-refractivity contribution in [2.45, 2.75) is 156 Å². The molecule has 0 fully saturated rings. The third-order valence-electron chi connectivity index (χ3n) is 9.74. The van der Waals surface area contributed by atoms with E-state index in [-0.39, 0.29) is 63.6 Å². The monoisotopic (exact) mass is 909 g/mol. The quantitative estimate of drug-likeness (QED) is 0.0486. The number of nitrogens with one attached hydrogen (secondary N) is 6. The fourth-order valence-corrected chi connectivity index (χ4v) is 6.26. The van der Waals surface area contributed by atoms with Crippen molar-refractivity contribution in [2.24, 2.45) is 23.7 Å². The molecule has 0 saturated carbocycles. The average molecular weight is 909 g/mol. The number of aliphatic carboxylic acids is 2.